The van der Waals surface area contributed by atoms with Gasteiger partial charge < -0.3 is 14.7 Å². The van der Waals surface area contributed by atoms with Gasteiger partial charge in [-0.1, -0.05) is 5.16 Å². The molecule has 0 aromatic carbocycles. The molecular formula is C11H15N3O2. The van der Waals surface area contributed by atoms with Crippen LogP contribution in [0, 0.1) is 6.92 Å². The number of nitrogens with zero attached hydrogens (tertiary/aromatic N) is 2. The Morgan fingerprint density at radius 1 is 1.62 bits per heavy atom. The van der Waals surface area contributed by atoms with E-state index in [2.05, 4.69) is 10.5 Å². The maximum Gasteiger partial charge on any atom is 0.259 e. The van der Waals surface area contributed by atoms with Gasteiger partial charge in [0.15, 0.2) is 0 Å². The van der Waals surface area contributed by atoms with E-state index in [-0.39, 0.29) is 5.91 Å². The number of likely N-dealkylation sites (tertiary alicyclic amines) is 1. The molecular weight excluding hydrogens is 206 g/mol. The summed E-state index contributed by atoms with van der Waals surface area (Å²) in [5.41, 5.74) is 0.604. The largest absolute Gasteiger partial charge is 0.361 e. The summed E-state index contributed by atoms with van der Waals surface area (Å²) in [7, 11) is 0. The zero-order chi connectivity index (χ0) is 11.1. The molecule has 2 aliphatic rings. The number of aryl methyl sites for hydroxylation is 1. The number of rotatable bonds is 1. The summed E-state index contributed by atoms with van der Waals surface area (Å²) < 4.78 is 4.94. The molecule has 2 fully saturated rings. The number of aromatic nitrogens is 1. The van der Waals surface area contributed by atoms with E-state index in [4.69, 9.17) is 4.52 Å². The second kappa shape index (κ2) is 3.59. The molecule has 0 bridgehead atoms. The molecule has 1 aromatic heterocycles. The van der Waals surface area contributed by atoms with Crippen LogP contribution in [-0.2, 0) is 0 Å². The van der Waals surface area contributed by atoms with Crippen LogP contribution in [0.15, 0.2) is 10.7 Å². The predicted octanol–water partition coefficient (Wildman–Crippen LogP) is 0.559. The van der Waals surface area contributed by atoms with Gasteiger partial charge in [0.1, 0.15) is 11.3 Å². The third kappa shape index (κ3) is 1.35. The molecule has 2 aliphatic heterocycles. The van der Waals surface area contributed by atoms with Crippen molar-refractivity contribution < 1.29 is 9.32 Å². The molecule has 3 rings (SSSR count). The molecule has 2 unspecified atom stereocenters. The fourth-order valence-corrected chi connectivity index (χ4v) is 2.78. The number of fused-ring (bicyclic) bond motifs is 1. The van der Waals surface area contributed by atoms with Gasteiger partial charge in [-0.25, -0.2) is 0 Å². The molecule has 1 aromatic rings. The maximum absolute atomic E-state index is 12.3. The highest BCUT2D eigenvalue weighted by Gasteiger charge is 2.40. The molecule has 16 heavy (non-hydrogen) atoms. The minimum atomic E-state index is 0.0648. The molecule has 2 atom stereocenters. The summed E-state index contributed by atoms with van der Waals surface area (Å²) in [5.74, 6) is 0.675. The van der Waals surface area contributed by atoms with Gasteiger partial charge in [-0.2, -0.15) is 0 Å². The van der Waals surface area contributed by atoms with Gasteiger partial charge >= 0.3 is 0 Å². The van der Waals surface area contributed by atoms with Crippen molar-refractivity contribution in [1.82, 2.24) is 15.4 Å². The fraction of sp³-hybridized carbons (Fsp3) is 0.636. The lowest BCUT2D eigenvalue weighted by atomic mass is 10.1. The Morgan fingerprint density at radius 3 is 3.25 bits per heavy atom. The van der Waals surface area contributed by atoms with Gasteiger partial charge in [-0.3, -0.25) is 4.79 Å². The Kier molecular flexibility index (Phi) is 2.21. The molecule has 0 saturated carbocycles. The topological polar surface area (TPSA) is 58.4 Å². The van der Waals surface area contributed by atoms with Gasteiger partial charge in [-0.05, 0) is 26.3 Å². The lowest BCUT2D eigenvalue weighted by Gasteiger charge is -2.22. The standard InChI is InChI=1S/C11H15N3O2/c1-7-8(6-13-16-7)11(15)14-5-3-9-10(14)2-4-12-9/h6,9-10,12H,2-5H2,1H3. The molecule has 1 amide bonds. The minimum Gasteiger partial charge on any atom is -0.361 e. The smallest absolute Gasteiger partial charge is 0.259 e. The second-order valence-electron chi connectivity index (χ2n) is 4.50. The van der Waals surface area contributed by atoms with E-state index in [1.165, 1.54) is 6.20 Å². The first-order chi connectivity index (χ1) is 7.77. The van der Waals surface area contributed by atoms with E-state index in [0.717, 1.165) is 25.9 Å². The van der Waals surface area contributed by atoms with Crippen molar-refractivity contribution in [1.29, 1.82) is 0 Å². The van der Waals surface area contributed by atoms with Crippen LogP contribution in [-0.4, -0.2) is 41.1 Å². The van der Waals surface area contributed by atoms with Gasteiger partial charge in [0.2, 0.25) is 0 Å². The minimum absolute atomic E-state index is 0.0648. The normalized spacial score (nSPS) is 28.4. The molecule has 0 aliphatic carbocycles. The summed E-state index contributed by atoms with van der Waals surface area (Å²) in [6.07, 6.45) is 3.63. The number of hydrogen-bond acceptors (Lipinski definition) is 4. The molecule has 0 spiro atoms. The summed E-state index contributed by atoms with van der Waals surface area (Å²) in [6.45, 7) is 3.63. The zero-order valence-electron chi connectivity index (χ0n) is 9.27. The monoisotopic (exact) mass is 221 g/mol. The lowest BCUT2D eigenvalue weighted by Crippen LogP contribution is -2.38. The van der Waals surface area contributed by atoms with Gasteiger partial charge in [0.25, 0.3) is 5.91 Å². The van der Waals surface area contributed by atoms with Crippen molar-refractivity contribution in [2.45, 2.75) is 31.8 Å². The summed E-state index contributed by atoms with van der Waals surface area (Å²) in [4.78, 5) is 14.2. The molecule has 5 nitrogen and oxygen atoms in total. The van der Waals surface area contributed by atoms with E-state index in [0.29, 0.717) is 23.4 Å². The number of hydrogen-bond donors (Lipinski definition) is 1. The van der Waals surface area contributed by atoms with Crippen LogP contribution >= 0.6 is 0 Å². The maximum atomic E-state index is 12.3. The van der Waals surface area contributed by atoms with Gasteiger partial charge in [-0.15, -0.1) is 0 Å². The molecule has 86 valence electrons. The summed E-state index contributed by atoms with van der Waals surface area (Å²) in [5, 5.41) is 7.09. The highest BCUT2D eigenvalue weighted by Crippen LogP contribution is 2.27. The van der Waals surface area contributed by atoms with Crippen LogP contribution < -0.4 is 5.32 Å². The molecule has 3 heterocycles. The second-order valence-corrected chi connectivity index (χ2v) is 4.50. The van der Waals surface area contributed by atoms with E-state index in [1.54, 1.807) is 6.92 Å². The number of nitrogens with one attached hydrogen (secondary N) is 1. The van der Waals surface area contributed by atoms with Crippen LogP contribution in [0.3, 0.4) is 0 Å². The average Bonchev–Trinajstić information content (AvgIpc) is 2.90. The Bertz CT molecular complexity index is 415. The first-order valence-corrected chi connectivity index (χ1v) is 5.73. The van der Waals surface area contributed by atoms with Crippen molar-refractivity contribution in [3.8, 4) is 0 Å². The number of amides is 1. The first-order valence-electron chi connectivity index (χ1n) is 5.73. The van der Waals surface area contributed by atoms with Gasteiger partial charge in [0, 0.05) is 18.6 Å². The quantitative estimate of drug-likeness (QED) is 0.752. The summed E-state index contributed by atoms with van der Waals surface area (Å²) in [6, 6.07) is 0.853. The first kappa shape index (κ1) is 9.84. The van der Waals surface area contributed by atoms with Crippen molar-refractivity contribution in [3.05, 3.63) is 17.5 Å². The SMILES string of the molecule is Cc1oncc1C(=O)N1CCC2NCCC21. The zero-order valence-corrected chi connectivity index (χ0v) is 9.27. The third-order valence-electron chi connectivity index (χ3n) is 3.63. The number of carbonyl (C=O) groups is 1. The molecule has 2 saturated heterocycles. The van der Waals surface area contributed by atoms with E-state index in [1.807, 2.05) is 4.90 Å². The fourth-order valence-electron chi connectivity index (χ4n) is 2.78. The highest BCUT2D eigenvalue weighted by molar-refractivity contribution is 5.95. The number of carbonyl (C=O) groups excluding carboxylic acids is 1. The van der Waals surface area contributed by atoms with Crippen molar-refractivity contribution >= 4 is 5.91 Å². The third-order valence-corrected chi connectivity index (χ3v) is 3.63. The Hall–Kier alpha value is -1.36. The van der Waals surface area contributed by atoms with E-state index < -0.39 is 0 Å². The highest BCUT2D eigenvalue weighted by atomic mass is 16.5. The lowest BCUT2D eigenvalue weighted by molar-refractivity contribution is 0.0735. The van der Waals surface area contributed by atoms with Crippen LogP contribution in [0.1, 0.15) is 29.0 Å². The Morgan fingerprint density at radius 2 is 2.50 bits per heavy atom. The predicted molar refractivity (Wildman–Crippen MR) is 57.1 cm³/mol. The van der Waals surface area contributed by atoms with Crippen LogP contribution in [0.4, 0.5) is 0 Å². The molecule has 0 radical (unpaired) electrons. The van der Waals surface area contributed by atoms with Crippen LogP contribution in [0.25, 0.3) is 0 Å². The van der Waals surface area contributed by atoms with Crippen molar-refractivity contribution in [3.63, 3.8) is 0 Å². The molecule has 5 heteroatoms. The van der Waals surface area contributed by atoms with E-state index in [9.17, 15) is 4.79 Å². The van der Waals surface area contributed by atoms with Crippen molar-refractivity contribution in [2.24, 2.45) is 0 Å². The molecule has 1 N–H and O–H groups in total. The Labute approximate surface area is 93.8 Å². The van der Waals surface area contributed by atoms with Crippen LogP contribution in [0.2, 0.25) is 0 Å². The van der Waals surface area contributed by atoms with Crippen LogP contribution in [0.5, 0.6) is 0 Å². The van der Waals surface area contributed by atoms with Gasteiger partial charge in [0.05, 0.1) is 6.20 Å². The van der Waals surface area contributed by atoms with E-state index >= 15 is 0 Å². The summed E-state index contributed by atoms with van der Waals surface area (Å²) >= 11 is 0. The van der Waals surface area contributed by atoms with Crippen molar-refractivity contribution in [2.75, 3.05) is 13.1 Å². The average molecular weight is 221 g/mol. The Balaban J connectivity index is 1.83.